The van der Waals surface area contributed by atoms with Crippen LogP contribution in [0.15, 0.2) is 17.8 Å². The lowest BCUT2D eigenvalue weighted by atomic mass is 10.1. The van der Waals surface area contributed by atoms with Crippen molar-refractivity contribution in [2.45, 2.75) is 32.2 Å². The Labute approximate surface area is 94.1 Å². The number of imidazole rings is 1. The van der Waals surface area contributed by atoms with Crippen LogP contribution in [0, 0.1) is 0 Å². The maximum absolute atomic E-state index is 4.58. The van der Waals surface area contributed by atoms with E-state index in [4.69, 9.17) is 0 Å². The van der Waals surface area contributed by atoms with Crippen LogP contribution in [0.3, 0.4) is 0 Å². The summed E-state index contributed by atoms with van der Waals surface area (Å²) in [6.45, 7) is 2.22. The van der Waals surface area contributed by atoms with Crippen LogP contribution in [0.25, 0.3) is 4.96 Å². The zero-order valence-electron chi connectivity index (χ0n) is 9.23. The first-order chi connectivity index (χ1) is 7.33. The number of hydrogen-bond acceptors (Lipinski definition) is 3. The van der Waals surface area contributed by atoms with E-state index >= 15 is 0 Å². The molecule has 1 unspecified atom stereocenters. The minimum atomic E-state index is 0.555. The molecule has 0 aliphatic heterocycles. The number of hydrogen-bond donors (Lipinski definition) is 1. The smallest absolute Gasteiger partial charge is 0.193 e. The lowest BCUT2D eigenvalue weighted by Crippen LogP contribution is -2.27. The highest BCUT2D eigenvalue weighted by molar-refractivity contribution is 7.15. The summed E-state index contributed by atoms with van der Waals surface area (Å²) in [5.41, 5.74) is 1.19. The number of nitrogens with zero attached hydrogens (tertiary/aromatic N) is 2. The molecule has 15 heavy (non-hydrogen) atoms. The highest BCUT2D eigenvalue weighted by atomic mass is 32.1. The van der Waals surface area contributed by atoms with Crippen LogP contribution in [0.5, 0.6) is 0 Å². The molecule has 4 heteroatoms. The average molecular weight is 223 g/mol. The van der Waals surface area contributed by atoms with Crippen molar-refractivity contribution in [3.63, 3.8) is 0 Å². The van der Waals surface area contributed by atoms with Gasteiger partial charge in [-0.1, -0.05) is 13.3 Å². The van der Waals surface area contributed by atoms with Gasteiger partial charge < -0.3 is 5.32 Å². The van der Waals surface area contributed by atoms with Crippen molar-refractivity contribution in [1.82, 2.24) is 14.7 Å². The molecule has 0 aliphatic rings. The Morgan fingerprint density at radius 3 is 3.13 bits per heavy atom. The number of likely N-dealkylation sites (N-methyl/N-ethyl adjacent to an activating group) is 1. The molecule has 2 aromatic heterocycles. The molecule has 1 N–H and O–H groups in total. The van der Waals surface area contributed by atoms with Crippen LogP contribution in [-0.4, -0.2) is 22.5 Å². The van der Waals surface area contributed by atoms with Gasteiger partial charge in [0.25, 0.3) is 0 Å². The van der Waals surface area contributed by atoms with Crippen molar-refractivity contribution in [2.75, 3.05) is 7.05 Å². The molecule has 0 spiro atoms. The quantitative estimate of drug-likeness (QED) is 0.843. The summed E-state index contributed by atoms with van der Waals surface area (Å²) in [5, 5.41) is 5.41. The number of nitrogens with one attached hydrogen (secondary N) is 1. The highest BCUT2D eigenvalue weighted by Crippen LogP contribution is 2.13. The molecule has 0 fully saturated rings. The monoisotopic (exact) mass is 223 g/mol. The molecule has 2 aromatic rings. The number of thiazole rings is 1. The van der Waals surface area contributed by atoms with E-state index in [1.54, 1.807) is 11.3 Å². The fourth-order valence-corrected chi connectivity index (χ4v) is 2.54. The third-order valence-electron chi connectivity index (χ3n) is 2.64. The Hall–Kier alpha value is -0.870. The number of fused-ring (bicyclic) bond motifs is 1. The van der Waals surface area contributed by atoms with Crippen LogP contribution < -0.4 is 5.32 Å². The molecule has 0 amide bonds. The van der Waals surface area contributed by atoms with Crippen LogP contribution in [-0.2, 0) is 6.42 Å². The molecule has 3 nitrogen and oxygen atoms in total. The largest absolute Gasteiger partial charge is 0.317 e. The van der Waals surface area contributed by atoms with Gasteiger partial charge >= 0.3 is 0 Å². The predicted molar refractivity (Wildman–Crippen MR) is 64.5 cm³/mol. The minimum Gasteiger partial charge on any atom is -0.317 e. The van der Waals surface area contributed by atoms with Gasteiger partial charge in [0.15, 0.2) is 4.96 Å². The summed E-state index contributed by atoms with van der Waals surface area (Å²) in [7, 11) is 2.03. The fraction of sp³-hybridized carbons (Fsp3) is 0.545. The molecule has 0 aliphatic carbocycles. The van der Waals surface area contributed by atoms with E-state index in [0.29, 0.717) is 6.04 Å². The molecular weight excluding hydrogens is 206 g/mol. The van der Waals surface area contributed by atoms with Gasteiger partial charge in [-0.05, 0) is 13.5 Å². The van der Waals surface area contributed by atoms with Crippen molar-refractivity contribution < 1.29 is 0 Å². The van der Waals surface area contributed by atoms with Crippen LogP contribution in [0.4, 0.5) is 0 Å². The first kappa shape index (κ1) is 10.6. The zero-order chi connectivity index (χ0) is 10.7. The predicted octanol–water partition coefficient (Wildman–Crippen LogP) is 2.33. The second-order valence-electron chi connectivity index (χ2n) is 3.80. The summed E-state index contributed by atoms with van der Waals surface area (Å²) >= 11 is 1.69. The van der Waals surface area contributed by atoms with Crippen LogP contribution in [0.1, 0.15) is 25.5 Å². The van der Waals surface area contributed by atoms with Gasteiger partial charge in [-0.15, -0.1) is 11.3 Å². The van der Waals surface area contributed by atoms with Gasteiger partial charge in [-0.3, -0.25) is 4.40 Å². The molecule has 0 saturated carbocycles. The SMILES string of the molecule is CCCC(Cc1cn2ccsc2n1)NC. The van der Waals surface area contributed by atoms with E-state index in [0.717, 1.165) is 11.4 Å². The molecular formula is C11H17N3S. The van der Waals surface area contributed by atoms with Gasteiger partial charge in [0.2, 0.25) is 0 Å². The lowest BCUT2D eigenvalue weighted by Gasteiger charge is -2.12. The molecule has 2 rings (SSSR count). The fourth-order valence-electron chi connectivity index (χ4n) is 1.82. The first-order valence-corrected chi connectivity index (χ1v) is 6.29. The summed E-state index contributed by atoms with van der Waals surface area (Å²) in [5.74, 6) is 0. The van der Waals surface area contributed by atoms with Gasteiger partial charge in [0, 0.05) is 30.2 Å². The maximum Gasteiger partial charge on any atom is 0.193 e. The third kappa shape index (κ3) is 2.38. The van der Waals surface area contributed by atoms with Gasteiger partial charge in [0.1, 0.15) is 0 Å². The molecule has 0 radical (unpaired) electrons. The third-order valence-corrected chi connectivity index (χ3v) is 3.41. The summed E-state index contributed by atoms with van der Waals surface area (Å²) in [6, 6.07) is 0.555. The molecule has 2 heterocycles. The Balaban J connectivity index is 2.07. The summed E-state index contributed by atoms with van der Waals surface area (Å²) in [4.78, 5) is 5.68. The Morgan fingerprint density at radius 2 is 2.47 bits per heavy atom. The van der Waals surface area contributed by atoms with E-state index in [1.807, 2.05) is 7.05 Å². The Kier molecular flexibility index (Phi) is 3.38. The van der Waals surface area contributed by atoms with Gasteiger partial charge in [-0.25, -0.2) is 4.98 Å². The number of rotatable bonds is 5. The standard InChI is InChI=1S/C11H17N3S/c1-3-4-9(12-2)7-10-8-14-5-6-15-11(14)13-10/h5-6,8-9,12H,3-4,7H2,1-2H3. The maximum atomic E-state index is 4.58. The topological polar surface area (TPSA) is 29.3 Å². The molecule has 0 bridgehead atoms. The van der Waals surface area contributed by atoms with E-state index in [-0.39, 0.29) is 0 Å². The highest BCUT2D eigenvalue weighted by Gasteiger charge is 2.09. The van der Waals surface area contributed by atoms with Crippen molar-refractivity contribution in [3.8, 4) is 0 Å². The van der Waals surface area contributed by atoms with Crippen LogP contribution in [0.2, 0.25) is 0 Å². The number of aromatic nitrogens is 2. The molecule has 0 aromatic carbocycles. The summed E-state index contributed by atoms with van der Waals surface area (Å²) < 4.78 is 2.10. The van der Waals surface area contributed by atoms with Crippen molar-refractivity contribution >= 4 is 16.3 Å². The van der Waals surface area contributed by atoms with E-state index < -0.39 is 0 Å². The van der Waals surface area contributed by atoms with Gasteiger partial charge in [-0.2, -0.15) is 0 Å². The molecule has 1 atom stereocenters. The second kappa shape index (κ2) is 4.77. The minimum absolute atomic E-state index is 0.555. The van der Waals surface area contributed by atoms with E-state index in [2.05, 4.69) is 39.4 Å². The van der Waals surface area contributed by atoms with Crippen LogP contribution >= 0.6 is 11.3 Å². The van der Waals surface area contributed by atoms with Crippen molar-refractivity contribution in [1.29, 1.82) is 0 Å². The Morgan fingerprint density at radius 1 is 1.60 bits per heavy atom. The van der Waals surface area contributed by atoms with E-state index in [9.17, 15) is 0 Å². The Bertz CT molecular complexity index is 390. The van der Waals surface area contributed by atoms with Crippen molar-refractivity contribution in [3.05, 3.63) is 23.5 Å². The molecule has 0 saturated heterocycles. The molecule has 82 valence electrons. The van der Waals surface area contributed by atoms with Crippen molar-refractivity contribution in [2.24, 2.45) is 0 Å². The normalized spacial score (nSPS) is 13.5. The van der Waals surface area contributed by atoms with E-state index in [1.165, 1.54) is 18.5 Å². The second-order valence-corrected chi connectivity index (χ2v) is 4.68. The zero-order valence-corrected chi connectivity index (χ0v) is 10.0. The van der Waals surface area contributed by atoms with Gasteiger partial charge in [0.05, 0.1) is 5.69 Å². The average Bonchev–Trinajstić information content (AvgIpc) is 2.77. The lowest BCUT2D eigenvalue weighted by molar-refractivity contribution is 0.510. The first-order valence-electron chi connectivity index (χ1n) is 5.41. The summed E-state index contributed by atoms with van der Waals surface area (Å²) in [6.07, 6.45) is 7.64.